The minimum absolute atomic E-state index is 0.0535. The molecule has 112 valence electrons. The van der Waals surface area contributed by atoms with Crippen LogP contribution < -0.4 is 10.5 Å². The number of nitrogens with two attached hydrogens (primary N) is 1. The molecule has 4 nitrogen and oxygen atoms in total. The summed E-state index contributed by atoms with van der Waals surface area (Å²) in [5.74, 6) is 0.104. The van der Waals surface area contributed by atoms with Crippen LogP contribution in [0.3, 0.4) is 0 Å². The molecule has 0 aliphatic heterocycles. The molecule has 0 radical (unpaired) electrons. The molecule has 6 heteroatoms. The minimum Gasteiger partial charge on any atom is -0.489 e. The number of hydrogen-bond acceptors (Lipinski definition) is 4. The summed E-state index contributed by atoms with van der Waals surface area (Å²) in [4.78, 5) is 0.214. The van der Waals surface area contributed by atoms with E-state index in [0.29, 0.717) is 16.9 Å². The van der Waals surface area contributed by atoms with E-state index < -0.39 is 9.84 Å². The van der Waals surface area contributed by atoms with Crippen molar-refractivity contribution in [3.63, 3.8) is 0 Å². The molecule has 2 aromatic rings. The summed E-state index contributed by atoms with van der Waals surface area (Å²) < 4.78 is 42.1. The van der Waals surface area contributed by atoms with Gasteiger partial charge in [-0.05, 0) is 24.3 Å². The van der Waals surface area contributed by atoms with Gasteiger partial charge in [-0.2, -0.15) is 0 Å². The summed E-state index contributed by atoms with van der Waals surface area (Å²) in [6, 6.07) is 11.0. The summed E-state index contributed by atoms with van der Waals surface area (Å²) in [5.41, 5.74) is 6.29. The molecular weight excluding hydrogens is 293 g/mol. The molecule has 2 N–H and O–H groups in total. The monoisotopic (exact) mass is 309 g/mol. The van der Waals surface area contributed by atoms with Crippen molar-refractivity contribution in [2.75, 3.05) is 6.26 Å². The van der Waals surface area contributed by atoms with E-state index in [1.54, 1.807) is 30.3 Å². The molecule has 0 spiro atoms. The highest BCUT2D eigenvalue weighted by Crippen LogP contribution is 2.19. The number of benzene rings is 2. The Morgan fingerprint density at radius 3 is 2.29 bits per heavy atom. The standard InChI is InChI=1S/C15H16FNO3S/c1-21(18,19)14-7-5-13(6-8-14)20-10-12-4-2-3-11(9-17)15(12)16/h2-8H,9-10,17H2,1H3. The SMILES string of the molecule is CS(=O)(=O)c1ccc(OCc2cccc(CN)c2F)cc1. The Kier molecular flexibility index (Phi) is 4.59. The zero-order valence-electron chi connectivity index (χ0n) is 11.5. The molecule has 0 fully saturated rings. The van der Waals surface area contributed by atoms with E-state index in [9.17, 15) is 12.8 Å². The number of rotatable bonds is 5. The number of ether oxygens (including phenoxy) is 1. The van der Waals surface area contributed by atoms with Crippen LogP contribution in [0.4, 0.5) is 4.39 Å². The molecule has 2 aromatic carbocycles. The van der Waals surface area contributed by atoms with Crippen LogP contribution in [-0.2, 0) is 23.0 Å². The third-order valence-corrected chi connectivity index (χ3v) is 4.15. The first kappa shape index (κ1) is 15.5. The summed E-state index contributed by atoms with van der Waals surface area (Å²) in [7, 11) is -3.23. The van der Waals surface area contributed by atoms with Gasteiger partial charge in [0.05, 0.1) is 4.90 Å². The van der Waals surface area contributed by atoms with Crippen LogP contribution in [0.15, 0.2) is 47.4 Å². The third kappa shape index (κ3) is 3.80. The molecule has 0 amide bonds. The smallest absolute Gasteiger partial charge is 0.175 e. The zero-order valence-corrected chi connectivity index (χ0v) is 12.4. The van der Waals surface area contributed by atoms with E-state index in [-0.39, 0.29) is 23.9 Å². The van der Waals surface area contributed by atoms with Crippen molar-refractivity contribution in [1.82, 2.24) is 0 Å². The van der Waals surface area contributed by atoms with Crippen LogP contribution in [-0.4, -0.2) is 14.7 Å². The molecular formula is C15H16FNO3S. The van der Waals surface area contributed by atoms with Crippen molar-refractivity contribution in [3.8, 4) is 5.75 Å². The molecule has 2 rings (SSSR count). The largest absolute Gasteiger partial charge is 0.489 e. The Labute approximate surface area is 123 Å². The van der Waals surface area contributed by atoms with Gasteiger partial charge in [0.25, 0.3) is 0 Å². The van der Waals surface area contributed by atoms with Gasteiger partial charge in [0.15, 0.2) is 9.84 Å². The minimum atomic E-state index is -3.23. The highest BCUT2D eigenvalue weighted by molar-refractivity contribution is 7.90. The first-order valence-corrected chi connectivity index (χ1v) is 8.20. The molecule has 0 aliphatic carbocycles. The van der Waals surface area contributed by atoms with Crippen molar-refractivity contribution < 1.29 is 17.5 Å². The number of sulfone groups is 1. The average molecular weight is 309 g/mol. The Morgan fingerprint density at radius 2 is 1.71 bits per heavy atom. The zero-order chi connectivity index (χ0) is 15.5. The van der Waals surface area contributed by atoms with E-state index in [1.807, 2.05) is 0 Å². The fourth-order valence-corrected chi connectivity index (χ4v) is 2.48. The Morgan fingerprint density at radius 1 is 1.10 bits per heavy atom. The molecule has 0 aromatic heterocycles. The summed E-state index contributed by atoms with van der Waals surface area (Å²) >= 11 is 0. The molecule has 0 bridgehead atoms. The summed E-state index contributed by atoms with van der Waals surface area (Å²) in [6.45, 7) is 0.181. The molecule has 0 aliphatic rings. The van der Waals surface area contributed by atoms with E-state index in [1.165, 1.54) is 12.1 Å². The quantitative estimate of drug-likeness (QED) is 0.920. The van der Waals surface area contributed by atoms with Crippen LogP contribution in [0.25, 0.3) is 0 Å². The van der Waals surface area contributed by atoms with Gasteiger partial charge in [-0.3, -0.25) is 0 Å². The third-order valence-electron chi connectivity index (χ3n) is 3.02. The lowest BCUT2D eigenvalue weighted by Crippen LogP contribution is -2.05. The van der Waals surface area contributed by atoms with Gasteiger partial charge < -0.3 is 10.5 Å². The van der Waals surface area contributed by atoms with Gasteiger partial charge in [-0.25, -0.2) is 12.8 Å². The second-order valence-electron chi connectivity index (χ2n) is 4.63. The van der Waals surface area contributed by atoms with Crippen molar-refractivity contribution >= 4 is 9.84 Å². The van der Waals surface area contributed by atoms with Crippen LogP contribution >= 0.6 is 0 Å². The lowest BCUT2D eigenvalue weighted by Gasteiger charge is -2.09. The topological polar surface area (TPSA) is 69.4 Å². The Bertz CT molecular complexity index is 727. The lowest BCUT2D eigenvalue weighted by atomic mass is 10.1. The van der Waals surface area contributed by atoms with Crippen molar-refractivity contribution in [2.24, 2.45) is 5.73 Å². The highest BCUT2D eigenvalue weighted by atomic mass is 32.2. The maximum Gasteiger partial charge on any atom is 0.175 e. The predicted molar refractivity (Wildman–Crippen MR) is 78.2 cm³/mol. The van der Waals surface area contributed by atoms with Crippen LogP contribution in [0, 0.1) is 5.82 Å². The Balaban J connectivity index is 2.10. The maximum atomic E-state index is 14.0. The second kappa shape index (κ2) is 6.24. The van der Waals surface area contributed by atoms with Gasteiger partial charge in [0.1, 0.15) is 18.2 Å². The molecule has 0 atom stereocenters. The normalized spacial score (nSPS) is 11.4. The van der Waals surface area contributed by atoms with Gasteiger partial charge in [-0.15, -0.1) is 0 Å². The van der Waals surface area contributed by atoms with Crippen LogP contribution in [0.5, 0.6) is 5.75 Å². The first-order chi connectivity index (χ1) is 9.91. The van der Waals surface area contributed by atoms with Gasteiger partial charge in [-0.1, -0.05) is 18.2 Å². The van der Waals surface area contributed by atoms with Gasteiger partial charge >= 0.3 is 0 Å². The van der Waals surface area contributed by atoms with Gasteiger partial charge in [0, 0.05) is 23.9 Å². The molecule has 0 saturated carbocycles. The molecule has 0 saturated heterocycles. The van der Waals surface area contributed by atoms with Gasteiger partial charge in [0.2, 0.25) is 0 Å². The maximum absolute atomic E-state index is 14.0. The Hall–Kier alpha value is -1.92. The van der Waals surface area contributed by atoms with E-state index in [4.69, 9.17) is 10.5 Å². The molecule has 21 heavy (non-hydrogen) atoms. The van der Waals surface area contributed by atoms with Crippen LogP contribution in [0.2, 0.25) is 0 Å². The van der Waals surface area contributed by atoms with E-state index in [2.05, 4.69) is 0 Å². The van der Waals surface area contributed by atoms with E-state index in [0.717, 1.165) is 6.26 Å². The fraction of sp³-hybridized carbons (Fsp3) is 0.200. The summed E-state index contributed by atoms with van der Waals surface area (Å²) in [5, 5.41) is 0. The van der Waals surface area contributed by atoms with E-state index >= 15 is 0 Å². The number of hydrogen-bond donors (Lipinski definition) is 1. The highest BCUT2D eigenvalue weighted by Gasteiger charge is 2.09. The first-order valence-electron chi connectivity index (χ1n) is 6.31. The number of halogens is 1. The fourth-order valence-electron chi connectivity index (χ4n) is 1.85. The van der Waals surface area contributed by atoms with Crippen LogP contribution in [0.1, 0.15) is 11.1 Å². The van der Waals surface area contributed by atoms with Crippen molar-refractivity contribution in [3.05, 3.63) is 59.4 Å². The lowest BCUT2D eigenvalue weighted by molar-refractivity contribution is 0.299. The van der Waals surface area contributed by atoms with Crippen molar-refractivity contribution in [1.29, 1.82) is 0 Å². The van der Waals surface area contributed by atoms with Crippen molar-refractivity contribution in [2.45, 2.75) is 18.0 Å². The predicted octanol–water partition coefficient (Wildman–Crippen LogP) is 2.27. The average Bonchev–Trinajstić information content (AvgIpc) is 2.46. The molecule has 0 heterocycles. The molecule has 0 unspecified atom stereocenters. The second-order valence-corrected chi connectivity index (χ2v) is 6.64. The summed E-state index contributed by atoms with van der Waals surface area (Å²) in [6.07, 6.45) is 1.14.